The fraction of sp³-hybridized carbons (Fsp3) is 1.00. The first-order valence-electron chi connectivity index (χ1n) is 59.7. The van der Waals surface area contributed by atoms with Crippen LogP contribution in [-0.4, -0.2) is 250 Å². The molecule has 30 N–H and O–H groups in total. The smallest absolute Gasteiger partial charge is 0.772 e. The van der Waals surface area contributed by atoms with Crippen molar-refractivity contribution in [2.24, 2.45) is 175 Å². The monoisotopic (exact) mass is 2190 g/mol. The molecule has 39 nitrogen and oxygen atoms in total. The van der Waals surface area contributed by atoms with Gasteiger partial charge in [0, 0.05) is 17.3 Å². The quantitative estimate of drug-likeness (QED) is 0.0945. The number of sulfonamides is 3. The Balaban J connectivity index is 0.000000118. The molecule has 0 spiro atoms. The first kappa shape index (κ1) is 109. The van der Waals surface area contributed by atoms with Gasteiger partial charge < -0.3 is 13.7 Å². The zero-order valence-corrected chi connectivity index (χ0v) is 92.8. The molecule has 0 aromatic rings. The third-order valence-corrected chi connectivity index (χ3v) is 51.5. The van der Waals surface area contributed by atoms with Crippen molar-refractivity contribution in [3.8, 4) is 0 Å². The van der Waals surface area contributed by atoms with Gasteiger partial charge in [-0.1, -0.05) is 149 Å². The van der Waals surface area contributed by atoms with Crippen molar-refractivity contribution in [3.63, 3.8) is 0 Å². The molecule has 834 valence electrons. The van der Waals surface area contributed by atoms with E-state index in [0.29, 0.717) is 145 Å². The molecular weight excluding hydrogens is 2010 g/mol. The van der Waals surface area contributed by atoms with Crippen molar-refractivity contribution >= 4 is 80.7 Å². The van der Waals surface area contributed by atoms with Gasteiger partial charge in [-0.3, -0.25) is 140 Å². The summed E-state index contributed by atoms with van der Waals surface area (Å²) in [6, 6.07) is 0. The Morgan fingerprint density at radius 2 is 0.284 bits per heavy atom. The number of nitrogens with two attached hydrogens (primary N) is 3. The zero-order chi connectivity index (χ0) is 100. The fourth-order valence-electron chi connectivity index (χ4n) is 39.5. The average Bonchev–Trinajstić information content (AvgIpc) is 1.59. The fourth-order valence-corrected chi connectivity index (χ4v) is 44.7. The Bertz CT molecular complexity index is 4510. The molecule has 27 fully saturated rings. The van der Waals surface area contributed by atoms with Crippen LogP contribution in [-0.2, 0) is 63.3 Å². The second-order valence-electron chi connectivity index (χ2n) is 52.2. The van der Waals surface area contributed by atoms with E-state index in [1.807, 2.05) is 0 Å². The topological polar surface area (TPSA) is 590 Å². The Kier molecular flexibility index (Phi) is 33.7. The number of nitrogens with one attached hydrogen (secondary N) is 24. The molecule has 15 aliphatic heterocycles. The Morgan fingerprint density at radius 3 is 0.392 bits per heavy atom. The summed E-state index contributed by atoms with van der Waals surface area (Å²) in [6.07, 6.45) is 52.4. The minimum Gasteiger partial charge on any atom is -0.772 e. The van der Waals surface area contributed by atoms with Crippen LogP contribution in [0, 0.1) is 160 Å². The van der Waals surface area contributed by atoms with Crippen LogP contribution in [0.3, 0.4) is 0 Å². The maximum Gasteiger partial charge on any atom is 3.00 e. The van der Waals surface area contributed by atoms with E-state index in [9.17, 15) is 51.5 Å². The van der Waals surface area contributed by atoms with E-state index in [-0.39, 0.29) is 236 Å². The Labute approximate surface area is 898 Å². The van der Waals surface area contributed by atoms with Gasteiger partial charge in [-0.25, -0.2) is 40.7 Å². The van der Waals surface area contributed by atoms with Crippen molar-refractivity contribution in [1.82, 2.24) is 128 Å². The maximum absolute atomic E-state index is 13.1. The second-order valence-corrected chi connectivity index (χ2v) is 60.6. The van der Waals surface area contributed by atoms with Crippen LogP contribution in [0.4, 0.5) is 0 Å². The van der Waals surface area contributed by atoms with E-state index in [1.54, 1.807) is 0 Å². The third kappa shape index (κ3) is 21.7. The van der Waals surface area contributed by atoms with Gasteiger partial charge in [0.1, 0.15) is 0 Å². The molecule has 27 rings (SSSR count). The molecular formula is C102H180AlN27O12S6. The van der Waals surface area contributed by atoms with Crippen LogP contribution in [0.2, 0.25) is 0 Å². The summed E-state index contributed by atoms with van der Waals surface area (Å²) < 4.78 is 150. The first-order valence-corrected chi connectivity index (χ1v) is 68.2. The van der Waals surface area contributed by atoms with Gasteiger partial charge in [-0.15, -0.1) is 0 Å². The molecule has 0 radical (unpaired) electrons. The largest absolute Gasteiger partial charge is 3.00 e. The van der Waals surface area contributed by atoms with E-state index in [1.165, 1.54) is 231 Å². The second kappa shape index (κ2) is 45.8. The van der Waals surface area contributed by atoms with Crippen LogP contribution in [0.1, 0.15) is 289 Å². The molecule has 15 heterocycles. The van der Waals surface area contributed by atoms with Gasteiger partial charge in [0.25, 0.3) is 0 Å². The summed E-state index contributed by atoms with van der Waals surface area (Å²) in [6.45, 7) is 0. The van der Waals surface area contributed by atoms with Crippen LogP contribution in [0.15, 0.2) is 0 Å². The third-order valence-electron chi connectivity index (χ3n) is 45.5. The standard InChI is InChI=1S/3C34H61N9O4S2.Al/c3*35-49(46,47)25-14-13-24-26(23(25)15-16-48(44)45)34-42-32-22-12-6-5-11-21(22)30(40-32)38-28-18-8-2-1-7-17(18)27(36-28)37-29-19-9-3-4-10-20(19)31(39-29)41-33(24)43-34;/h3*17-34,36-43H,1-16H2,(H,44,45)(H2,35,46,47);/q;;;+3/p-3. The van der Waals surface area contributed by atoms with Gasteiger partial charge in [-0.05, 0) is 333 Å². The molecule has 0 aromatic heterocycles. The van der Waals surface area contributed by atoms with Gasteiger partial charge in [0.05, 0.1) is 164 Å². The van der Waals surface area contributed by atoms with Gasteiger partial charge in [0.15, 0.2) is 0 Å². The predicted molar refractivity (Wildman–Crippen MR) is 566 cm³/mol. The molecule has 27 aliphatic rings. The molecule has 24 bridgehead atoms. The Hall–Kier alpha value is -0.368. The molecule has 0 amide bonds. The number of hydrogen-bond donors (Lipinski definition) is 27. The summed E-state index contributed by atoms with van der Waals surface area (Å²) in [5.74, 6) is 8.99. The summed E-state index contributed by atoms with van der Waals surface area (Å²) >= 11 is -6.75. The van der Waals surface area contributed by atoms with Crippen molar-refractivity contribution < 1.29 is 51.5 Å². The van der Waals surface area contributed by atoms with E-state index >= 15 is 0 Å². The zero-order valence-electron chi connectivity index (χ0n) is 86.8. The number of hydrogen-bond acceptors (Lipinski definition) is 36. The SMILES string of the molecule is NS(=O)(=O)C1CCC2C3NC4NC(NC5NC(NC6NC(NC(N3)C2C1CCS(=O)[O-])C1CCCCC61)C1CCCCC51)C1CCCCC41.NS(=O)(=O)C1CCC2C3NC4NC(NC5NC(NC6NC(NC(N3)C2C1CCS(=O)[O-])C1CCCCC61)C1CCCCC51)C1CCCCC41.NS(=O)(=O)C1CCC2C3NC4NC(NC5NC(NC6NC(NC(N3)C2C1CCS(=O)[O-])C1CCCCC61)C1CCCCC51)C1CCCCC41.[Al+3]. The number of primary sulfonamides is 3. The first-order chi connectivity index (χ1) is 71.2. The number of rotatable bonds is 12. The molecule has 12 aliphatic carbocycles. The minimum atomic E-state index is -3.85. The van der Waals surface area contributed by atoms with Gasteiger partial charge >= 0.3 is 17.4 Å². The van der Waals surface area contributed by atoms with Crippen LogP contribution >= 0.6 is 0 Å². The average molecular weight is 2200 g/mol. The van der Waals surface area contributed by atoms with Gasteiger partial charge in [0.2, 0.25) is 30.1 Å². The van der Waals surface area contributed by atoms with Crippen molar-refractivity contribution in [1.29, 1.82) is 0 Å². The van der Waals surface area contributed by atoms with Crippen molar-refractivity contribution in [2.45, 2.75) is 453 Å². The minimum absolute atomic E-state index is 0. The maximum atomic E-state index is 13.1. The van der Waals surface area contributed by atoms with E-state index in [2.05, 4.69) is 128 Å². The summed E-state index contributed by atoms with van der Waals surface area (Å²) in [4.78, 5) is 0. The summed E-state index contributed by atoms with van der Waals surface area (Å²) in [5, 5.41) is 114. The molecule has 0 aromatic carbocycles. The molecule has 57 atom stereocenters. The van der Waals surface area contributed by atoms with Crippen LogP contribution in [0.25, 0.3) is 0 Å². The number of fused-ring (bicyclic) bond motifs is 60. The summed E-state index contributed by atoms with van der Waals surface area (Å²) in [5.41, 5.74) is 0. The van der Waals surface area contributed by atoms with Crippen molar-refractivity contribution in [2.75, 3.05) is 17.3 Å². The van der Waals surface area contributed by atoms with E-state index in [4.69, 9.17) is 15.4 Å². The Morgan fingerprint density at radius 1 is 0.176 bits per heavy atom. The molecule has 15 saturated heterocycles. The van der Waals surface area contributed by atoms with Crippen LogP contribution in [0.5, 0.6) is 0 Å². The summed E-state index contributed by atoms with van der Waals surface area (Å²) in [7, 11) is -11.6. The predicted octanol–water partition coefficient (Wildman–Crippen LogP) is 0.723. The normalized spacial score (nSPS) is 52.9. The molecule has 12 saturated carbocycles. The van der Waals surface area contributed by atoms with E-state index < -0.39 is 79.1 Å². The van der Waals surface area contributed by atoms with Gasteiger partial charge in [-0.2, -0.15) is 0 Å². The van der Waals surface area contributed by atoms with Crippen LogP contribution < -0.4 is 143 Å². The van der Waals surface area contributed by atoms with E-state index in [0.717, 1.165) is 19.3 Å². The van der Waals surface area contributed by atoms with Crippen molar-refractivity contribution in [3.05, 3.63) is 0 Å². The molecule has 148 heavy (non-hydrogen) atoms. The molecule has 46 heteroatoms. The molecule has 57 unspecified atom stereocenters.